The standard InChI is InChI=1S/C10H21NO/c1-2-12-8-7-10(9-11)5-3-4-6-10/h2-9,11H2,1H3. The lowest BCUT2D eigenvalue weighted by Crippen LogP contribution is -2.28. The van der Waals surface area contributed by atoms with E-state index in [1.54, 1.807) is 0 Å². The van der Waals surface area contributed by atoms with Crippen LogP contribution in [0.1, 0.15) is 39.0 Å². The molecule has 0 radical (unpaired) electrons. The molecule has 0 saturated heterocycles. The minimum absolute atomic E-state index is 0.440. The van der Waals surface area contributed by atoms with Gasteiger partial charge in [-0.15, -0.1) is 0 Å². The van der Waals surface area contributed by atoms with E-state index < -0.39 is 0 Å². The maximum atomic E-state index is 5.80. The van der Waals surface area contributed by atoms with Gasteiger partial charge in [0.15, 0.2) is 0 Å². The van der Waals surface area contributed by atoms with Crippen molar-refractivity contribution in [2.45, 2.75) is 39.0 Å². The molecule has 1 aliphatic carbocycles. The smallest absolute Gasteiger partial charge is 0.0471 e. The number of hydrogen-bond donors (Lipinski definition) is 1. The van der Waals surface area contributed by atoms with Crippen molar-refractivity contribution in [3.05, 3.63) is 0 Å². The second-order valence-electron chi connectivity index (χ2n) is 3.86. The molecule has 0 bridgehead atoms. The third-order valence-corrected chi connectivity index (χ3v) is 3.08. The van der Waals surface area contributed by atoms with Crippen LogP contribution in [-0.2, 0) is 4.74 Å². The molecule has 0 amide bonds. The zero-order valence-electron chi connectivity index (χ0n) is 8.14. The number of ether oxygens (including phenoxy) is 1. The highest BCUT2D eigenvalue weighted by Gasteiger charge is 2.31. The molecular formula is C10H21NO. The molecule has 2 N–H and O–H groups in total. The van der Waals surface area contributed by atoms with Crippen LogP contribution in [0.4, 0.5) is 0 Å². The third kappa shape index (κ3) is 2.46. The van der Waals surface area contributed by atoms with Gasteiger partial charge in [0.2, 0.25) is 0 Å². The first kappa shape index (κ1) is 10.0. The minimum Gasteiger partial charge on any atom is -0.382 e. The van der Waals surface area contributed by atoms with Gasteiger partial charge in [0, 0.05) is 13.2 Å². The van der Waals surface area contributed by atoms with E-state index in [-0.39, 0.29) is 0 Å². The molecule has 0 aromatic carbocycles. The van der Waals surface area contributed by atoms with Crippen molar-refractivity contribution in [1.29, 1.82) is 0 Å². The van der Waals surface area contributed by atoms with E-state index in [1.807, 2.05) is 6.92 Å². The second kappa shape index (κ2) is 4.83. The van der Waals surface area contributed by atoms with Crippen LogP contribution in [0.15, 0.2) is 0 Å². The molecule has 0 atom stereocenters. The van der Waals surface area contributed by atoms with E-state index in [9.17, 15) is 0 Å². The molecule has 1 fully saturated rings. The quantitative estimate of drug-likeness (QED) is 0.641. The Kier molecular flexibility index (Phi) is 4.02. The summed E-state index contributed by atoms with van der Waals surface area (Å²) in [6.07, 6.45) is 6.52. The normalized spacial score (nSPS) is 21.5. The topological polar surface area (TPSA) is 35.2 Å². The lowest BCUT2D eigenvalue weighted by molar-refractivity contribution is 0.107. The molecule has 0 spiro atoms. The Morgan fingerprint density at radius 2 is 2.00 bits per heavy atom. The second-order valence-corrected chi connectivity index (χ2v) is 3.86. The molecule has 12 heavy (non-hydrogen) atoms. The van der Waals surface area contributed by atoms with Gasteiger partial charge in [-0.3, -0.25) is 0 Å². The monoisotopic (exact) mass is 171 g/mol. The van der Waals surface area contributed by atoms with Crippen LogP contribution in [0.2, 0.25) is 0 Å². The molecule has 0 aromatic rings. The van der Waals surface area contributed by atoms with Crippen molar-refractivity contribution in [3.8, 4) is 0 Å². The Balaban J connectivity index is 2.24. The summed E-state index contributed by atoms with van der Waals surface area (Å²) in [5, 5.41) is 0. The SMILES string of the molecule is CCOCCC1(CN)CCCC1. The Morgan fingerprint density at radius 3 is 2.50 bits per heavy atom. The fourth-order valence-electron chi connectivity index (χ4n) is 2.11. The highest BCUT2D eigenvalue weighted by Crippen LogP contribution is 2.39. The molecule has 2 heteroatoms. The van der Waals surface area contributed by atoms with Gasteiger partial charge >= 0.3 is 0 Å². The molecule has 1 saturated carbocycles. The zero-order chi connectivity index (χ0) is 8.86. The summed E-state index contributed by atoms with van der Waals surface area (Å²) < 4.78 is 5.37. The Bertz CT molecular complexity index is 119. The highest BCUT2D eigenvalue weighted by molar-refractivity contribution is 4.85. The Morgan fingerprint density at radius 1 is 1.33 bits per heavy atom. The van der Waals surface area contributed by atoms with Crippen molar-refractivity contribution in [2.75, 3.05) is 19.8 Å². The fraction of sp³-hybridized carbons (Fsp3) is 1.00. The maximum Gasteiger partial charge on any atom is 0.0471 e. The average Bonchev–Trinajstić information content (AvgIpc) is 2.55. The lowest BCUT2D eigenvalue weighted by Gasteiger charge is -2.26. The summed E-state index contributed by atoms with van der Waals surface area (Å²) in [7, 11) is 0. The van der Waals surface area contributed by atoms with Crippen LogP contribution < -0.4 is 5.73 Å². The largest absolute Gasteiger partial charge is 0.382 e. The van der Waals surface area contributed by atoms with Crippen molar-refractivity contribution in [2.24, 2.45) is 11.1 Å². The summed E-state index contributed by atoms with van der Waals surface area (Å²) in [5.74, 6) is 0. The average molecular weight is 171 g/mol. The molecule has 1 rings (SSSR count). The maximum absolute atomic E-state index is 5.80. The first-order chi connectivity index (χ1) is 5.83. The summed E-state index contributed by atoms with van der Waals surface area (Å²) in [4.78, 5) is 0. The van der Waals surface area contributed by atoms with Gasteiger partial charge in [0.1, 0.15) is 0 Å². The van der Waals surface area contributed by atoms with Gasteiger partial charge in [0.05, 0.1) is 0 Å². The van der Waals surface area contributed by atoms with Gasteiger partial charge < -0.3 is 10.5 Å². The van der Waals surface area contributed by atoms with Gasteiger partial charge in [0.25, 0.3) is 0 Å². The van der Waals surface area contributed by atoms with Crippen LogP contribution in [0.25, 0.3) is 0 Å². The molecule has 0 aromatic heterocycles. The summed E-state index contributed by atoms with van der Waals surface area (Å²) in [5.41, 5.74) is 6.24. The van der Waals surface area contributed by atoms with Crippen LogP contribution in [-0.4, -0.2) is 19.8 Å². The van der Waals surface area contributed by atoms with Crippen molar-refractivity contribution in [3.63, 3.8) is 0 Å². The summed E-state index contributed by atoms with van der Waals surface area (Å²) >= 11 is 0. The predicted octanol–water partition coefficient (Wildman–Crippen LogP) is 1.93. The van der Waals surface area contributed by atoms with Crippen molar-refractivity contribution < 1.29 is 4.74 Å². The van der Waals surface area contributed by atoms with E-state index in [1.165, 1.54) is 25.7 Å². The molecule has 0 aliphatic heterocycles. The van der Waals surface area contributed by atoms with Gasteiger partial charge in [-0.25, -0.2) is 0 Å². The van der Waals surface area contributed by atoms with Crippen LogP contribution in [0, 0.1) is 5.41 Å². The molecule has 0 heterocycles. The molecule has 0 unspecified atom stereocenters. The molecule has 1 aliphatic rings. The first-order valence-electron chi connectivity index (χ1n) is 5.11. The molecule has 72 valence electrons. The van der Waals surface area contributed by atoms with Crippen LogP contribution in [0.5, 0.6) is 0 Å². The summed E-state index contributed by atoms with van der Waals surface area (Å²) in [6.45, 7) is 4.62. The van der Waals surface area contributed by atoms with Crippen molar-refractivity contribution >= 4 is 0 Å². The molecule has 2 nitrogen and oxygen atoms in total. The van der Waals surface area contributed by atoms with Crippen molar-refractivity contribution in [1.82, 2.24) is 0 Å². The van der Waals surface area contributed by atoms with Gasteiger partial charge in [-0.2, -0.15) is 0 Å². The van der Waals surface area contributed by atoms with Crippen LogP contribution in [0.3, 0.4) is 0 Å². The summed E-state index contributed by atoms with van der Waals surface area (Å²) in [6, 6.07) is 0. The fourth-order valence-corrected chi connectivity index (χ4v) is 2.11. The lowest BCUT2D eigenvalue weighted by atomic mass is 9.83. The Labute approximate surface area is 75.5 Å². The third-order valence-electron chi connectivity index (χ3n) is 3.08. The number of nitrogens with two attached hydrogens (primary N) is 1. The van der Waals surface area contributed by atoms with E-state index in [0.29, 0.717) is 5.41 Å². The van der Waals surface area contributed by atoms with E-state index in [2.05, 4.69) is 0 Å². The molecular weight excluding hydrogens is 150 g/mol. The number of hydrogen-bond acceptors (Lipinski definition) is 2. The highest BCUT2D eigenvalue weighted by atomic mass is 16.5. The van der Waals surface area contributed by atoms with Crippen LogP contribution >= 0.6 is 0 Å². The van der Waals surface area contributed by atoms with E-state index in [0.717, 1.165) is 26.2 Å². The first-order valence-corrected chi connectivity index (χ1v) is 5.11. The Hall–Kier alpha value is -0.0800. The van der Waals surface area contributed by atoms with Gasteiger partial charge in [-0.1, -0.05) is 12.8 Å². The van der Waals surface area contributed by atoms with E-state index >= 15 is 0 Å². The predicted molar refractivity (Wildman–Crippen MR) is 51.1 cm³/mol. The van der Waals surface area contributed by atoms with E-state index in [4.69, 9.17) is 10.5 Å². The zero-order valence-corrected chi connectivity index (χ0v) is 8.14. The minimum atomic E-state index is 0.440. The number of rotatable bonds is 5. The van der Waals surface area contributed by atoms with Gasteiger partial charge in [-0.05, 0) is 38.1 Å².